The maximum absolute atomic E-state index is 12.6. The van der Waals surface area contributed by atoms with Gasteiger partial charge in [0, 0.05) is 5.38 Å². The largest absolute Gasteiger partial charge is 0.476 e. The number of oxime groups is 1. The summed E-state index contributed by atoms with van der Waals surface area (Å²) in [4.78, 5) is 34.3. The van der Waals surface area contributed by atoms with Crippen LogP contribution in [0.3, 0.4) is 0 Å². The number of ether oxygens (including phenoxy) is 2. The van der Waals surface area contributed by atoms with Crippen molar-refractivity contribution in [3.8, 4) is 11.5 Å². The van der Waals surface area contributed by atoms with Crippen molar-refractivity contribution in [3.05, 3.63) is 143 Å². The molecule has 4 aromatic carbocycles. The van der Waals surface area contributed by atoms with Crippen molar-refractivity contribution in [1.82, 2.24) is 4.98 Å². The van der Waals surface area contributed by atoms with Gasteiger partial charge in [0.05, 0.1) is 5.56 Å². The van der Waals surface area contributed by atoms with Crippen LogP contribution in [0.25, 0.3) is 0 Å². The fourth-order valence-corrected chi connectivity index (χ4v) is 5.49. The Kier molecular flexibility index (Phi) is 7.35. The summed E-state index contributed by atoms with van der Waals surface area (Å²) in [5.41, 5.74) is 1.68. The molecule has 0 radical (unpaired) electrons. The standard InChI is InChI=1S/C32H23N3O6S/c36-29(37)28(35-41-30(38)21-16-17-26-27(18-21)40-20-39-26)25-19-42-31(33-25)34-32(22-10-4-1-5-11-22,23-12-6-2-7-13-23)24-14-8-3-9-15-24/h1-19H,20H2,(H,33,34)(H,36,37)/b35-28-. The third-order valence-corrected chi connectivity index (χ3v) is 7.45. The number of thiazole rings is 1. The van der Waals surface area contributed by atoms with Gasteiger partial charge in [-0.05, 0) is 34.9 Å². The average Bonchev–Trinajstić information content (AvgIpc) is 3.70. The number of anilines is 1. The van der Waals surface area contributed by atoms with Crippen LogP contribution >= 0.6 is 11.3 Å². The first-order valence-corrected chi connectivity index (χ1v) is 13.8. The van der Waals surface area contributed by atoms with Crippen molar-refractivity contribution in [2.24, 2.45) is 5.16 Å². The molecule has 1 aromatic heterocycles. The SMILES string of the molecule is O=C(O)/C(=N\OC(=O)c1ccc2c(c1)OCO2)c1csc(NC(c2ccccc2)(c2ccccc2)c2ccccc2)n1. The highest BCUT2D eigenvalue weighted by Crippen LogP contribution is 2.40. The molecule has 0 amide bonds. The third-order valence-electron chi connectivity index (χ3n) is 6.69. The number of rotatable bonds is 9. The number of nitrogens with one attached hydrogen (secondary N) is 1. The molecule has 2 heterocycles. The van der Waals surface area contributed by atoms with Crippen LogP contribution in [0.5, 0.6) is 11.5 Å². The molecule has 6 rings (SSSR count). The van der Waals surface area contributed by atoms with Crippen molar-refractivity contribution in [2.75, 3.05) is 12.1 Å². The summed E-state index contributed by atoms with van der Waals surface area (Å²) >= 11 is 1.21. The minimum Gasteiger partial charge on any atom is -0.476 e. The highest BCUT2D eigenvalue weighted by molar-refractivity contribution is 7.14. The number of benzene rings is 4. The quantitative estimate of drug-likeness (QED) is 0.0959. The van der Waals surface area contributed by atoms with Crippen LogP contribution in [0.4, 0.5) is 5.13 Å². The predicted octanol–water partition coefficient (Wildman–Crippen LogP) is 5.92. The van der Waals surface area contributed by atoms with Crippen LogP contribution in [-0.2, 0) is 15.2 Å². The lowest BCUT2D eigenvalue weighted by molar-refractivity contribution is -0.129. The van der Waals surface area contributed by atoms with Crippen LogP contribution in [0.2, 0.25) is 0 Å². The highest BCUT2D eigenvalue weighted by Gasteiger charge is 2.37. The molecule has 2 N–H and O–H groups in total. The fraction of sp³-hybridized carbons (Fsp3) is 0.0625. The number of nitrogens with zero attached hydrogens (tertiary/aromatic N) is 2. The minimum absolute atomic E-state index is 0.0385. The van der Waals surface area contributed by atoms with E-state index in [0.717, 1.165) is 16.7 Å². The first-order valence-electron chi connectivity index (χ1n) is 12.9. The first-order chi connectivity index (χ1) is 20.5. The molecular weight excluding hydrogens is 554 g/mol. The normalized spacial score (nSPS) is 12.5. The number of fused-ring (bicyclic) bond motifs is 1. The molecule has 1 aliphatic heterocycles. The van der Waals surface area contributed by atoms with Crippen LogP contribution in [-0.4, -0.2) is 34.5 Å². The Morgan fingerprint density at radius 3 is 1.98 bits per heavy atom. The van der Waals surface area contributed by atoms with Gasteiger partial charge in [-0.1, -0.05) is 96.2 Å². The van der Waals surface area contributed by atoms with E-state index in [2.05, 4.69) is 15.5 Å². The van der Waals surface area contributed by atoms with Gasteiger partial charge in [0.15, 0.2) is 16.6 Å². The van der Waals surface area contributed by atoms with E-state index in [1.165, 1.54) is 23.5 Å². The number of carbonyl (C=O) groups excluding carboxylic acids is 1. The maximum Gasteiger partial charge on any atom is 0.365 e. The average molecular weight is 578 g/mol. The lowest BCUT2D eigenvalue weighted by Gasteiger charge is -2.36. The van der Waals surface area contributed by atoms with E-state index >= 15 is 0 Å². The summed E-state index contributed by atoms with van der Waals surface area (Å²) in [5.74, 6) is -1.36. The van der Waals surface area contributed by atoms with Crippen LogP contribution in [0, 0.1) is 0 Å². The zero-order valence-corrected chi connectivity index (χ0v) is 22.8. The van der Waals surface area contributed by atoms with Gasteiger partial charge in [-0.15, -0.1) is 11.3 Å². The predicted molar refractivity (Wildman–Crippen MR) is 157 cm³/mol. The maximum atomic E-state index is 12.6. The molecule has 5 aromatic rings. The number of hydrogen-bond donors (Lipinski definition) is 2. The number of hydrogen-bond acceptors (Lipinski definition) is 9. The molecule has 208 valence electrons. The molecule has 10 heteroatoms. The van der Waals surface area contributed by atoms with Crippen LogP contribution in [0.15, 0.2) is 120 Å². The summed E-state index contributed by atoms with van der Waals surface area (Å²) in [6.07, 6.45) is 0. The van der Waals surface area contributed by atoms with E-state index < -0.39 is 23.2 Å². The number of carboxylic acid groups (broad SMARTS) is 1. The summed E-state index contributed by atoms with van der Waals surface area (Å²) in [7, 11) is 0. The van der Waals surface area contributed by atoms with Crippen LogP contribution < -0.4 is 14.8 Å². The van der Waals surface area contributed by atoms with Crippen molar-refractivity contribution in [1.29, 1.82) is 0 Å². The molecule has 0 spiro atoms. The number of carbonyl (C=O) groups is 2. The summed E-state index contributed by atoms with van der Waals surface area (Å²) in [5, 5.41) is 19.1. The Morgan fingerprint density at radius 2 is 1.40 bits per heavy atom. The lowest BCUT2D eigenvalue weighted by Crippen LogP contribution is -2.38. The van der Waals surface area contributed by atoms with Crippen molar-refractivity contribution < 1.29 is 29.0 Å². The molecule has 0 atom stereocenters. The van der Waals surface area contributed by atoms with Gasteiger partial charge in [0.2, 0.25) is 12.5 Å². The summed E-state index contributed by atoms with van der Waals surface area (Å²) in [6, 6.07) is 34.3. The third kappa shape index (κ3) is 5.18. The molecule has 0 unspecified atom stereocenters. The molecule has 0 saturated heterocycles. The van der Waals surface area contributed by atoms with Crippen molar-refractivity contribution >= 4 is 34.1 Å². The van der Waals surface area contributed by atoms with E-state index in [0.29, 0.717) is 16.6 Å². The van der Waals surface area contributed by atoms with Crippen molar-refractivity contribution in [3.63, 3.8) is 0 Å². The molecular formula is C32H23N3O6S. The van der Waals surface area contributed by atoms with Gasteiger partial charge >= 0.3 is 11.9 Å². The van der Waals surface area contributed by atoms with Gasteiger partial charge in [0.25, 0.3) is 0 Å². The second-order valence-electron chi connectivity index (χ2n) is 9.20. The number of aliphatic carboxylic acids is 1. The van der Waals surface area contributed by atoms with Gasteiger partial charge in [-0.25, -0.2) is 14.6 Å². The lowest BCUT2D eigenvalue weighted by atomic mass is 9.77. The van der Waals surface area contributed by atoms with E-state index in [1.807, 2.05) is 91.0 Å². The zero-order chi connectivity index (χ0) is 28.9. The van der Waals surface area contributed by atoms with E-state index in [4.69, 9.17) is 14.3 Å². The van der Waals surface area contributed by atoms with Gasteiger partial charge in [0.1, 0.15) is 11.2 Å². The summed E-state index contributed by atoms with van der Waals surface area (Å²) < 4.78 is 10.5. The Morgan fingerprint density at radius 1 is 0.833 bits per heavy atom. The van der Waals surface area contributed by atoms with E-state index in [-0.39, 0.29) is 18.1 Å². The Hall–Kier alpha value is -5.48. The second kappa shape index (κ2) is 11.6. The second-order valence-corrected chi connectivity index (χ2v) is 10.1. The first kappa shape index (κ1) is 26.7. The van der Waals surface area contributed by atoms with Gasteiger partial charge in [-0.2, -0.15) is 0 Å². The molecule has 9 nitrogen and oxygen atoms in total. The van der Waals surface area contributed by atoms with E-state index in [1.54, 1.807) is 11.4 Å². The summed E-state index contributed by atoms with van der Waals surface area (Å²) in [6.45, 7) is 0.0510. The zero-order valence-electron chi connectivity index (χ0n) is 22.0. The molecule has 0 bridgehead atoms. The minimum atomic E-state index is -1.40. The van der Waals surface area contributed by atoms with Gasteiger partial charge < -0.3 is 24.7 Å². The topological polar surface area (TPSA) is 119 Å². The Balaban J connectivity index is 1.34. The molecule has 42 heavy (non-hydrogen) atoms. The fourth-order valence-electron chi connectivity index (χ4n) is 4.74. The molecule has 1 aliphatic rings. The van der Waals surface area contributed by atoms with Crippen molar-refractivity contribution in [2.45, 2.75) is 5.54 Å². The van der Waals surface area contributed by atoms with Gasteiger partial charge in [-0.3, -0.25) is 0 Å². The Labute approximate surface area is 244 Å². The molecule has 0 saturated carbocycles. The Bertz CT molecular complexity index is 1660. The van der Waals surface area contributed by atoms with E-state index in [9.17, 15) is 14.7 Å². The highest BCUT2D eigenvalue weighted by atomic mass is 32.1. The monoisotopic (exact) mass is 577 g/mol. The smallest absolute Gasteiger partial charge is 0.365 e. The number of aromatic nitrogens is 1. The number of carboxylic acids is 1. The van der Waals surface area contributed by atoms with Crippen LogP contribution in [0.1, 0.15) is 32.7 Å². The molecule has 0 fully saturated rings. The molecule has 0 aliphatic carbocycles.